The van der Waals surface area contributed by atoms with Crippen molar-refractivity contribution in [1.82, 2.24) is 49.3 Å². The number of hydrogen-bond acceptors (Lipinski definition) is 12. The van der Waals surface area contributed by atoms with Crippen LogP contribution in [0.1, 0.15) is 83.7 Å². The molecule has 2 aliphatic heterocycles. The zero-order valence-electron chi connectivity index (χ0n) is 34.0. The van der Waals surface area contributed by atoms with Gasteiger partial charge in [0.1, 0.15) is 23.0 Å². The first kappa shape index (κ1) is 39.3. The molecule has 2 amide bonds. The van der Waals surface area contributed by atoms with E-state index in [1.807, 2.05) is 14.1 Å². The van der Waals surface area contributed by atoms with Crippen LogP contribution in [0.2, 0.25) is 0 Å². The number of piperidine rings is 2. The van der Waals surface area contributed by atoms with Gasteiger partial charge in [-0.25, -0.2) is 38.7 Å². The van der Waals surface area contributed by atoms with Crippen molar-refractivity contribution in [2.75, 3.05) is 47.6 Å². The van der Waals surface area contributed by atoms with E-state index in [1.54, 1.807) is 59.8 Å². The lowest BCUT2D eigenvalue weighted by molar-refractivity contribution is 0.101. The molecule has 18 heteroatoms. The highest BCUT2D eigenvalue weighted by Gasteiger charge is 2.47. The Morgan fingerprint density at radius 2 is 1.08 bits per heavy atom. The molecule has 10 rings (SSSR count). The van der Waals surface area contributed by atoms with Gasteiger partial charge in [0.25, 0.3) is 11.8 Å². The van der Waals surface area contributed by atoms with Crippen molar-refractivity contribution < 1.29 is 18.4 Å². The van der Waals surface area contributed by atoms with Crippen molar-refractivity contribution in [1.29, 1.82) is 0 Å². The quantitative estimate of drug-likeness (QED) is 0.161. The number of nitrogens with zero attached hydrogens (tertiary/aromatic N) is 10. The first-order valence-corrected chi connectivity index (χ1v) is 20.4. The zero-order chi connectivity index (χ0) is 41.8. The third kappa shape index (κ3) is 8.21. The molecule has 0 radical (unpaired) electrons. The summed E-state index contributed by atoms with van der Waals surface area (Å²) in [6.07, 6.45) is 22.1. The van der Waals surface area contributed by atoms with Crippen LogP contribution in [0.4, 0.5) is 31.8 Å². The van der Waals surface area contributed by atoms with Crippen LogP contribution in [0.15, 0.2) is 61.7 Å². The molecule has 2 atom stereocenters. The summed E-state index contributed by atoms with van der Waals surface area (Å²) >= 11 is 0. The fourth-order valence-corrected chi connectivity index (χ4v) is 8.48. The Morgan fingerprint density at radius 3 is 1.45 bits per heavy atom. The lowest BCUT2D eigenvalue weighted by Gasteiger charge is -2.36. The molecule has 4 N–H and O–H groups in total. The summed E-state index contributed by atoms with van der Waals surface area (Å²) in [7, 11) is 4.06. The summed E-state index contributed by atoms with van der Waals surface area (Å²) in [4.78, 5) is 55.1. The SMILES string of the molecule is Cc1cn2cc(NC(=O)c3cnc(N(C)C4CCNC5(CC5)C4)cn3)cc(F)c2n1.Cc1cn2cc(NC(=O)c3cnc(N(C)C4CCNC5(CC5)C4)cn3)cc(F)c2n1. The van der Waals surface area contributed by atoms with Gasteiger partial charge in [-0.1, -0.05) is 0 Å². The molecule has 0 aromatic carbocycles. The van der Waals surface area contributed by atoms with E-state index >= 15 is 0 Å². The molecule has 2 saturated carbocycles. The predicted octanol–water partition coefficient (Wildman–Crippen LogP) is 5.09. The zero-order valence-corrected chi connectivity index (χ0v) is 34.0. The first-order valence-electron chi connectivity index (χ1n) is 20.4. The number of amides is 2. The van der Waals surface area contributed by atoms with Crippen LogP contribution in [0, 0.1) is 25.5 Å². The van der Waals surface area contributed by atoms with Crippen molar-refractivity contribution >= 4 is 46.1 Å². The van der Waals surface area contributed by atoms with Gasteiger partial charge in [-0.15, -0.1) is 0 Å². The van der Waals surface area contributed by atoms with E-state index in [4.69, 9.17) is 0 Å². The third-order valence-corrected chi connectivity index (χ3v) is 12.2. The molecule has 6 aromatic heterocycles. The fraction of sp³-hybridized carbons (Fsp3) is 0.429. The van der Waals surface area contributed by atoms with Gasteiger partial charge in [0, 0.05) is 74.2 Å². The smallest absolute Gasteiger partial charge is 0.275 e. The maximum Gasteiger partial charge on any atom is 0.275 e. The molecule has 4 aliphatic rings. The van der Waals surface area contributed by atoms with E-state index in [2.05, 4.69) is 61.0 Å². The molecule has 2 unspecified atom stereocenters. The molecule has 0 bridgehead atoms. The first-order chi connectivity index (χ1) is 28.8. The highest BCUT2D eigenvalue weighted by Crippen LogP contribution is 2.44. The van der Waals surface area contributed by atoms with Crippen LogP contribution < -0.4 is 31.1 Å². The van der Waals surface area contributed by atoms with Crippen molar-refractivity contribution in [3.8, 4) is 0 Å². The Bertz CT molecular complexity index is 2390. The molecular formula is C42H48F2N14O2. The van der Waals surface area contributed by atoms with Gasteiger partial charge in [0.2, 0.25) is 0 Å². The highest BCUT2D eigenvalue weighted by molar-refractivity contribution is 6.03. The lowest BCUT2D eigenvalue weighted by Crippen LogP contribution is -2.48. The number of rotatable bonds is 8. The number of hydrogen-bond donors (Lipinski definition) is 4. The van der Waals surface area contributed by atoms with E-state index in [-0.39, 0.29) is 22.7 Å². The van der Waals surface area contributed by atoms with E-state index in [9.17, 15) is 18.4 Å². The van der Waals surface area contributed by atoms with Crippen molar-refractivity contribution in [3.63, 3.8) is 0 Å². The van der Waals surface area contributed by atoms with E-state index < -0.39 is 23.4 Å². The lowest BCUT2D eigenvalue weighted by atomic mass is 9.96. The molecule has 60 heavy (non-hydrogen) atoms. The fourth-order valence-electron chi connectivity index (χ4n) is 8.48. The van der Waals surface area contributed by atoms with Gasteiger partial charge >= 0.3 is 0 Å². The molecule has 2 spiro atoms. The Hall–Kier alpha value is -6.14. The summed E-state index contributed by atoms with van der Waals surface area (Å²) in [5, 5.41) is 12.6. The summed E-state index contributed by atoms with van der Waals surface area (Å²) < 4.78 is 31.5. The number of aryl methyl sites for hydroxylation is 2. The second kappa shape index (κ2) is 15.5. The minimum atomic E-state index is -0.501. The van der Waals surface area contributed by atoms with Gasteiger partial charge in [-0.3, -0.25) is 9.59 Å². The summed E-state index contributed by atoms with van der Waals surface area (Å²) in [6.45, 7) is 5.60. The average Bonchev–Trinajstić information content (AvgIpc) is 4.09. The maximum absolute atomic E-state index is 14.2. The predicted molar refractivity (Wildman–Crippen MR) is 223 cm³/mol. The summed E-state index contributed by atoms with van der Waals surface area (Å²) in [6, 6.07) is 3.33. The Balaban J connectivity index is 0.000000154. The van der Waals surface area contributed by atoms with Gasteiger partial charge in [0.15, 0.2) is 22.9 Å². The Morgan fingerprint density at radius 1 is 0.667 bits per heavy atom. The van der Waals surface area contributed by atoms with E-state index in [0.29, 0.717) is 45.9 Å². The number of carbonyl (C=O) groups excluding carboxylic acids is 2. The largest absolute Gasteiger partial charge is 0.355 e. The number of fused-ring (bicyclic) bond motifs is 2. The molecule has 312 valence electrons. The molecule has 6 aromatic rings. The maximum atomic E-state index is 14.2. The van der Waals surface area contributed by atoms with Gasteiger partial charge in [-0.05, 0) is 78.3 Å². The minimum absolute atomic E-state index is 0.179. The van der Waals surface area contributed by atoms with Gasteiger partial charge in [-0.2, -0.15) is 0 Å². The van der Waals surface area contributed by atoms with Crippen LogP contribution in [0.25, 0.3) is 11.3 Å². The minimum Gasteiger partial charge on any atom is -0.355 e. The average molecular weight is 819 g/mol. The standard InChI is InChI=1S/2C21H24FN7O/c2*1-13-11-29-12-14(7-16(22)19(29)26-13)27-20(30)17-9-24-18(10-23-17)28(2)15-3-6-25-21(8-15)4-5-21/h2*7,9-12,15,25H,3-6,8H2,1-2H3,(H,27,30). The topological polar surface area (TPSA) is 175 Å². The van der Waals surface area contributed by atoms with Crippen molar-refractivity contribution in [2.45, 2.75) is 88.4 Å². The number of carbonyl (C=O) groups is 2. The molecule has 16 nitrogen and oxygen atoms in total. The third-order valence-electron chi connectivity index (χ3n) is 12.2. The highest BCUT2D eigenvalue weighted by atomic mass is 19.1. The number of aromatic nitrogens is 8. The molecular weight excluding hydrogens is 771 g/mol. The monoisotopic (exact) mass is 818 g/mol. The normalized spacial score (nSPS) is 19.8. The molecule has 2 aliphatic carbocycles. The van der Waals surface area contributed by atoms with Crippen LogP contribution in [0.5, 0.6) is 0 Å². The van der Waals surface area contributed by atoms with Crippen LogP contribution >= 0.6 is 0 Å². The van der Waals surface area contributed by atoms with Crippen LogP contribution in [-0.2, 0) is 0 Å². The molecule has 4 fully saturated rings. The van der Waals surface area contributed by atoms with E-state index in [0.717, 1.165) is 50.4 Å². The Kier molecular flexibility index (Phi) is 10.1. The number of imidazole rings is 2. The van der Waals surface area contributed by atoms with Crippen LogP contribution in [0.3, 0.4) is 0 Å². The van der Waals surface area contributed by atoms with Gasteiger partial charge < -0.3 is 39.9 Å². The number of pyridine rings is 2. The summed E-state index contributed by atoms with van der Waals surface area (Å²) in [5.74, 6) is -0.387. The number of halogens is 2. The Labute approximate surface area is 345 Å². The van der Waals surface area contributed by atoms with Crippen LogP contribution in [-0.4, -0.2) is 101 Å². The summed E-state index contributed by atoms with van der Waals surface area (Å²) in [5.41, 5.74) is 3.52. The number of anilines is 4. The molecule has 2 saturated heterocycles. The second-order valence-corrected chi connectivity index (χ2v) is 16.7. The molecule has 8 heterocycles. The van der Waals surface area contributed by atoms with Crippen molar-refractivity contribution in [2.24, 2.45) is 0 Å². The second-order valence-electron chi connectivity index (χ2n) is 16.7. The van der Waals surface area contributed by atoms with Gasteiger partial charge in [0.05, 0.1) is 47.6 Å². The number of nitrogens with one attached hydrogen (secondary N) is 4. The van der Waals surface area contributed by atoms with E-state index in [1.165, 1.54) is 50.2 Å². The van der Waals surface area contributed by atoms with Crippen molar-refractivity contribution in [3.05, 3.63) is 96.1 Å².